The molecule has 6 N–H and O–H groups in total. The summed E-state index contributed by atoms with van der Waals surface area (Å²) in [6, 6.07) is 11.5. The number of pyridine rings is 1. The lowest BCUT2D eigenvalue weighted by atomic mass is 10.1. The van der Waals surface area contributed by atoms with Gasteiger partial charge in [0.15, 0.2) is 5.70 Å². The molecule has 9 heteroatoms. The van der Waals surface area contributed by atoms with Gasteiger partial charge in [0.05, 0.1) is 17.8 Å². The number of nitrogens with zero attached hydrogens (tertiary/aromatic N) is 3. The summed E-state index contributed by atoms with van der Waals surface area (Å²) in [5, 5.41) is 8.52. The maximum atomic E-state index is 12.7. The third-order valence-electron chi connectivity index (χ3n) is 3.91. The zero-order valence-corrected chi connectivity index (χ0v) is 15.9. The van der Waals surface area contributed by atoms with Gasteiger partial charge in [-0.2, -0.15) is 4.37 Å². The van der Waals surface area contributed by atoms with Gasteiger partial charge >= 0.3 is 0 Å². The van der Waals surface area contributed by atoms with E-state index >= 15 is 0 Å². The van der Waals surface area contributed by atoms with Crippen LogP contribution in [0, 0.1) is 6.92 Å². The molecule has 2 aromatic heterocycles. The molecule has 0 saturated heterocycles. The van der Waals surface area contributed by atoms with Gasteiger partial charge in [-0.3, -0.25) is 14.8 Å². The van der Waals surface area contributed by atoms with E-state index in [1.54, 1.807) is 19.3 Å². The van der Waals surface area contributed by atoms with E-state index in [-0.39, 0.29) is 11.5 Å². The first-order chi connectivity index (χ1) is 13.0. The van der Waals surface area contributed by atoms with Crippen molar-refractivity contribution >= 4 is 33.3 Å². The number of anilines is 1. The second-order valence-electron chi connectivity index (χ2n) is 5.96. The molecule has 0 spiro atoms. The minimum absolute atomic E-state index is 0.148. The minimum atomic E-state index is -0.407. The van der Waals surface area contributed by atoms with Gasteiger partial charge in [0.2, 0.25) is 0 Å². The monoisotopic (exact) mass is 383 g/mol. The van der Waals surface area contributed by atoms with Crippen molar-refractivity contribution in [3.8, 4) is 0 Å². The number of carbonyl (C=O) groups excluding carboxylic acids is 1. The van der Waals surface area contributed by atoms with Crippen LogP contribution in [0.2, 0.25) is 0 Å². The summed E-state index contributed by atoms with van der Waals surface area (Å²) in [5.74, 6) is 5.97. The Kier molecular flexibility index (Phi) is 5.53. The van der Waals surface area contributed by atoms with Crippen molar-refractivity contribution in [1.82, 2.24) is 19.7 Å². The number of hydrogen-bond donors (Lipinski definition) is 4. The number of amides is 1. The zero-order chi connectivity index (χ0) is 19.4. The quantitative estimate of drug-likeness (QED) is 0.290. The normalized spacial score (nSPS) is 11.8. The Labute approximate surface area is 161 Å². The molecule has 1 aromatic carbocycles. The summed E-state index contributed by atoms with van der Waals surface area (Å²) in [6.45, 7) is 2.16. The standard InChI is InChI=1S/C18H21N7OS/c1-11-8-15(27-24-11)23-18(26)16(17(19)21-2)25(20)10-12-5-6-14-13(9-12)4-3-7-22-14/h3-9,21H,10,19-20H2,1-2H3,(H,23,26)/b17-16+. The maximum Gasteiger partial charge on any atom is 0.277 e. The lowest BCUT2D eigenvalue weighted by Gasteiger charge is -2.23. The highest BCUT2D eigenvalue weighted by Crippen LogP contribution is 2.19. The van der Waals surface area contributed by atoms with Crippen LogP contribution in [-0.4, -0.2) is 27.3 Å². The van der Waals surface area contributed by atoms with Gasteiger partial charge in [0.1, 0.15) is 10.8 Å². The second kappa shape index (κ2) is 8.02. The van der Waals surface area contributed by atoms with Crippen LogP contribution in [-0.2, 0) is 11.3 Å². The summed E-state index contributed by atoms with van der Waals surface area (Å²) < 4.78 is 4.15. The molecule has 0 aliphatic carbocycles. The number of aryl methyl sites for hydroxylation is 1. The average molecular weight is 383 g/mol. The van der Waals surface area contributed by atoms with E-state index in [0.717, 1.165) is 22.2 Å². The number of benzene rings is 1. The van der Waals surface area contributed by atoms with E-state index in [9.17, 15) is 4.79 Å². The van der Waals surface area contributed by atoms with Gasteiger partial charge in [-0.15, -0.1) is 0 Å². The molecular formula is C18H21N7OS. The van der Waals surface area contributed by atoms with Gasteiger partial charge in [-0.25, -0.2) is 5.84 Å². The largest absolute Gasteiger partial charge is 0.384 e. The van der Waals surface area contributed by atoms with Crippen molar-refractivity contribution in [2.45, 2.75) is 13.5 Å². The van der Waals surface area contributed by atoms with Crippen LogP contribution in [0.4, 0.5) is 5.00 Å². The van der Waals surface area contributed by atoms with Crippen molar-refractivity contribution < 1.29 is 4.79 Å². The van der Waals surface area contributed by atoms with E-state index in [4.69, 9.17) is 11.6 Å². The number of nitrogens with two attached hydrogens (primary N) is 2. The number of aromatic nitrogens is 2. The van der Waals surface area contributed by atoms with E-state index < -0.39 is 5.91 Å². The molecule has 3 rings (SSSR count). The Morgan fingerprint density at radius 1 is 1.30 bits per heavy atom. The van der Waals surface area contributed by atoms with Crippen molar-refractivity contribution in [3.05, 3.63) is 65.4 Å². The number of hydrazine groups is 1. The van der Waals surface area contributed by atoms with Crippen LogP contribution in [0.5, 0.6) is 0 Å². The van der Waals surface area contributed by atoms with Crippen molar-refractivity contribution in [1.29, 1.82) is 0 Å². The lowest BCUT2D eigenvalue weighted by Crippen LogP contribution is -2.40. The molecule has 0 atom stereocenters. The molecule has 0 bridgehead atoms. The number of nitrogens with one attached hydrogen (secondary N) is 2. The van der Waals surface area contributed by atoms with Crippen molar-refractivity contribution in [2.24, 2.45) is 11.6 Å². The summed E-state index contributed by atoms with van der Waals surface area (Å²) in [7, 11) is 1.63. The van der Waals surface area contributed by atoms with Crippen LogP contribution < -0.4 is 22.2 Å². The molecule has 0 radical (unpaired) electrons. The molecule has 27 heavy (non-hydrogen) atoms. The number of hydrogen-bond acceptors (Lipinski definition) is 8. The molecule has 0 fully saturated rings. The van der Waals surface area contributed by atoms with Crippen LogP contribution in [0.25, 0.3) is 10.9 Å². The zero-order valence-electron chi connectivity index (χ0n) is 15.1. The van der Waals surface area contributed by atoms with Gasteiger partial charge < -0.3 is 16.4 Å². The van der Waals surface area contributed by atoms with Crippen LogP contribution >= 0.6 is 11.5 Å². The minimum Gasteiger partial charge on any atom is -0.384 e. The molecular weight excluding hydrogens is 362 g/mol. The van der Waals surface area contributed by atoms with E-state index in [0.29, 0.717) is 11.5 Å². The lowest BCUT2D eigenvalue weighted by molar-refractivity contribution is -0.114. The Morgan fingerprint density at radius 2 is 2.11 bits per heavy atom. The predicted octanol–water partition coefficient (Wildman–Crippen LogP) is 1.66. The molecule has 3 aromatic rings. The van der Waals surface area contributed by atoms with Gasteiger partial charge in [0, 0.05) is 18.6 Å². The molecule has 0 aliphatic rings. The fraction of sp³-hybridized carbons (Fsp3) is 0.167. The summed E-state index contributed by atoms with van der Waals surface area (Å²) in [4.78, 5) is 17.0. The van der Waals surface area contributed by atoms with Crippen LogP contribution in [0.1, 0.15) is 11.3 Å². The smallest absolute Gasteiger partial charge is 0.277 e. The number of carbonyl (C=O) groups is 1. The summed E-state index contributed by atoms with van der Waals surface area (Å²) in [5.41, 5.74) is 8.79. The fourth-order valence-corrected chi connectivity index (χ4v) is 3.28. The highest BCUT2D eigenvalue weighted by Gasteiger charge is 2.20. The molecule has 0 aliphatic heterocycles. The number of fused-ring (bicyclic) bond motifs is 1. The molecule has 8 nitrogen and oxygen atoms in total. The van der Waals surface area contributed by atoms with E-state index in [1.165, 1.54) is 16.5 Å². The summed E-state index contributed by atoms with van der Waals surface area (Å²) in [6.07, 6.45) is 1.75. The first kappa shape index (κ1) is 18.6. The van der Waals surface area contributed by atoms with Crippen LogP contribution in [0.15, 0.2) is 54.1 Å². The Bertz CT molecular complexity index is 998. The highest BCUT2D eigenvalue weighted by atomic mass is 32.1. The van der Waals surface area contributed by atoms with Gasteiger partial charge in [-0.05, 0) is 48.3 Å². The Morgan fingerprint density at radius 3 is 2.81 bits per heavy atom. The van der Waals surface area contributed by atoms with E-state index in [2.05, 4.69) is 20.0 Å². The third-order valence-corrected chi connectivity index (χ3v) is 4.71. The predicted molar refractivity (Wildman–Crippen MR) is 107 cm³/mol. The summed E-state index contributed by atoms with van der Waals surface area (Å²) >= 11 is 1.20. The first-order valence-corrected chi connectivity index (χ1v) is 9.03. The third kappa shape index (κ3) is 4.33. The average Bonchev–Trinajstić information content (AvgIpc) is 3.06. The first-order valence-electron chi connectivity index (χ1n) is 8.26. The molecule has 140 valence electrons. The fourth-order valence-electron chi connectivity index (χ4n) is 2.62. The van der Waals surface area contributed by atoms with Crippen molar-refractivity contribution in [3.63, 3.8) is 0 Å². The topological polar surface area (TPSA) is 122 Å². The SMILES string of the molecule is CN/C(N)=C(\C(=O)Nc1cc(C)ns1)N(N)Cc1ccc2ncccc2c1. The maximum absolute atomic E-state index is 12.7. The van der Waals surface area contributed by atoms with E-state index in [1.807, 2.05) is 37.3 Å². The second-order valence-corrected chi connectivity index (χ2v) is 6.76. The Balaban J connectivity index is 1.82. The molecule has 1 amide bonds. The molecule has 2 heterocycles. The molecule has 0 saturated carbocycles. The van der Waals surface area contributed by atoms with Crippen molar-refractivity contribution in [2.75, 3.05) is 12.4 Å². The highest BCUT2D eigenvalue weighted by molar-refractivity contribution is 7.10. The van der Waals surface area contributed by atoms with Crippen LogP contribution in [0.3, 0.4) is 0 Å². The number of rotatable bonds is 6. The Hall–Kier alpha value is -3.17. The molecule has 0 unspecified atom stereocenters. The van der Waals surface area contributed by atoms with Gasteiger partial charge in [0.25, 0.3) is 5.91 Å². The van der Waals surface area contributed by atoms with Gasteiger partial charge in [-0.1, -0.05) is 12.1 Å².